The molecule has 2 N–H and O–H groups in total. The molecule has 0 unspecified atom stereocenters. The molecule has 2 aromatic heterocycles. The van der Waals surface area contributed by atoms with E-state index in [4.69, 9.17) is 9.72 Å². The molecule has 4 rings (SSSR count). The summed E-state index contributed by atoms with van der Waals surface area (Å²) < 4.78 is 5.01. The lowest BCUT2D eigenvalue weighted by molar-refractivity contribution is -0.141. The van der Waals surface area contributed by atoms with Gasteiger partial charge in [-0.2, -0.15) is 0 Å². The van der Waals surface area contributed by atoms with E-state index >= 15 is 0 Å². The smallest absolute Gasteiger partial charge is 0.328 e. The second-order valence-electron chi connectivity index (χ2n) is 6.02. The number of methoxy groups -OCH3 is 1. The van der Waals surface area contributed by atoms with E-state index in [-0.39, 0.29) is 5.97 Å². The van der Waals surface area contributed by atoms with E-state index in [1.165, 1.54) is 7.11 Å². The molecular formula is C20H18N4O2. The summed E-state index contributed by atoms with van der Waals surface area (Å²) in [6.07, 6.45) is 3.75. The molecular weight excluding hydrogens is 328 g/mol. The van der Waals surface area contributed by atoms with Crippen LogP contribution in [0.4, 0.5) is 5.69 Å². The van der Waals surface area contributed by atoms with Crippen LogP contribution in [-0.4, -0.2) is 34.1 Å². The quantitative estimate of drug-likeness (QED) is 0.428. The SMILES string of the molecule is COC(=O)[C@H](Cc1cnc[nH]1)Nc1c2ccccc2nc2ccccc12. The van der Waals surface area contributed by atoms with Gasteiger partial charge in [-0.3, -0.25) is 0 Å². The molecule has 0 amide bonds. The predicted molar refractivity (Wildman–Crippen MR) is 101 cm³/mol. The van der Waals surface area contributed by atoms with E-state index in [1.54, 1.807) is 12.5 Å². The molecule has 0 saturated heterocycles. The van der Waals surface area contributed by atoms with Gasteiger partial charge in [0, 0.05) is 29.1 Å². The Morgan fingerprint density at radius 3 is 2.35 bits per heavy atom. The van der Waals surface area contributed by atoms with Gasteiger partial charge < -0.3 is 15.0 Å². The number of rotatable bonds is 5. The number of esters is 1. The molecule has 130 valence electrons. The number of carbonyl (C=O) groups is 1. The maximum absolute atomic E-state index is 12.4. The number of aromatic amines is 1. The van der Waals surface area contributed by atoms with E-state index < -0.39 is 6.04 Å². The number of hydrogen-bond acceptors (Lipinski definition) is 5. The minimum absolute atomic E-state index is 0.329. The Bertz CT molecular complexity index is 1010. The minimum Gasteiger partial charge on any atom is -0.467 e. The lowest BCUT2D eigenvalue weighted by Crippen LogP contribution is -2.33. The van der Waals surface area contributed by atoms with Gasteiger partial charge in [0.25, 0.3) is 0 Å². The lowest BCUT2D eigenvalue weighted by Gasteiger charge is -2.20. The molecule has 0 spiro atoms. The Hall–Kier alpha value is -3.41. The zero-order valence-corrected chi connectivity index (χ0v) is 14.3. The Morgan fingerprint density at radius 1 is 1.12 bits per heavy atom. The number of ether oxygens (including phenoxy) is 1. The standard InChI is InChI=1S/C20H18N4O2/c1-26-20(25)18(10-13-11-21-12-22-13)24-19-14-6-2-4-8-16(14)23-17-9-5-3-7-15(17)19/h2-9,11-12,18H,10H2,1H3,(H,21,22)(H,23,24)/t18-/m0/s1. The number of H-pyrrole nitrogens is 1. The van der Waals surface area contributed by atoms with E-state index in [2.05, 4.69) is 15.3 Å². The first-order valence-corrected chi connectivity index (χ1v) is 8.35. The van der Waals surface area contributed by atoms with Crippen LogP contribution in [-0.2, 0) is 16.0 Å². The molecule has 4 aromatic rings. The van der Waals surface area contributed by atoms with E-state index in [0.717, 1.165) is 33.2 Å². The number of aromatic nitrogens is 3. The number of anilines is 1. The lowest BCUT2D eigenvalue weighted by atomic mass is 10.1. The van der Waals surface area contributed by atoms with Crippen LogP contribution in [0.5, 0.6) is 0 Å². The highest BCUT2D eigenvalue weighted by atomic mass is 16.5. The number of para-hydroxylation sites is 2. The minimum atomic E-state index is -0.547. The number of pyridine rings is 1. The van der Waals surface area contributed by atoms with Gasteiger partial charge in [-0.05, 0) is 12.1 Å². The number of nitrogens with one attached hydrogen (secondary N) is 2. The Balaban J connectivity index is 1.83. The predicted octanol–water partition coefficient (Wildman–Crippen LogP) is 3.31. The van der Waals surface area contributed by atoms with Crippen molar-refractivity contribution in [3.05, 3.63) is 66.7 Å². The summed E-state index contributed by atoms with van der Waals surface area (Å²) in [5.41, 5.74) is 3.48. The number of fused-ring (bicyclic) bond motifs is 2. The van der Waals surface area contributed by atoms with Crippen molar-refractivity contribution in [2.75, 3.05) is 12.4 Å². The van der Waals surface area contributed by atoms with Gasteiger partial charge in [-0.15, -0.1) is 0 Å². The van der Waals surface area contributed by atoms with Crippen LogP contribution in [0.25, 0.3) is 21.8 Å². The summed E-state index contributed by atoms with van der Waals surface area (Å²) in [6.45, 7) is 0. The summed E-state index contributed by atoms with van der Waals surface area (Å²) in [6, 6.07) is 15.2. The number of imidazole rings is 1. The fourth-order valence-electron chi connectivity index (χ4n) is 3.12. The van der Waals surface area contributed by atoms with E-state index in [9.17, 15) is 4.79 Å². The molecule has 6 heteroatoms. The van der Waals surface area contributed by atoms with Gasteiger partial charge >= 0.3 is 5.97 Å². The zero-order valence-electron chi connectivity index (χ0n) is 14.3. The maximum atomic E-state index is 12.4. The number of hydrogen-bond donors (Lipinski definition) is 2. The van der Waals surface area contributed by atoms with Crippen LogP contribution in [0.15, 0.2) is 61.1 Å². The molecule has 1 atom stereocenters. The highest BCUT2D eigenvalue weighted by Crippen LogP contribution is 2.31. The highest BCUT2D eigenvalue weighted by molar-refractivity contribution is 6.08. The highest BCUT2D eigenvalue weighted by Gasteiger charge is 2.22. The largest absolute Gasteiger partial charge is 0.467 e. The van der Waals surface area contributed by atoms with Gasteiger partial charge in [-0.1, -0.05) is 36.4 Å². The average Bonchev–Trinajstić information content (AvgIpc) is 3.19. The molecule has 0 aliphatic heterocycles. The summed E-state index contributed by atoms with van der Waals surface area (Å²) in [5.74, 6) is -0.329. The molecule has 2 heterocycles. The van der Waals surface area contributed by atoms with Crippen LogP contribution in [0.1, 0.15) is 5.69 Å². The van der Waals surface area contributed by atoms with Crippen molar-refractivity contribution < 1.29 is 9.53 Å². The van der Waals surface area contributed by atoms with Gasteiger partial charge in [0.15, 0.2) is 0 Å². The first-order valence-electron chi connectivity index (χ1n) is 8.35. The maximum Gasteiger partial charge on any atom is 0.328 e. The van der Waals surface area contributed by atoms with Gasteiger partial charge in [0.05, 0.1) is 30.2 Å². The first-order chi connectivity index (χ1) is 12.8. The third-order valence-corrected chi connectivity index (χ3v) is 4.37. The van der Waals surface area contributed by atoms with Crippen LogP contribution in [0.3, 0.4) is 0 Å². The van der Waals surface area contributed by atoms with E-state index in [0.29, 0.717) is 6.42 Å². The van der Waals surface area contributed by atoms with Crippen molar-refractivity contribution in [2.45, 2.75) is 12.5 Å². The van der Waals surface area contributed by atoms with Crippen molar-refractivity contribution in [1.82, 2.24) is 15.0 Å². The molecule has 2 aromatic carbocycles. The topological polar surface area (TPSA) is 79.9 Å². The normalized spacial score (nSPS) is 12.2. The van der Waals surface area contributed by atoms with Crippen molar-refractivity contribution in [3.8, 4) is 0 Å². The molecule has 0 radical (unpaired) electrons. The van der Waals surface area contributed by atoms with Crippen LogP contribution in [0.2, 0.25) is 0 Å². The van der Waals surface area contributed by atoms with Crippen LogP contribution in [0, 0.1) is 0 Å². The molecule has 0 aliphatic rings. The molecule has 0 fully saturated rings. The Kier molecular flexibility index (Phi) is 4.23. The van der Waals surface area contributed by atoms with Crippen molar-refractivity contribution in [2.24, 2.45) is 0 Å². The van der Waals surface area contributed by atoms with E-state index in [1.807, 2.05) is 48.5 Å². The van der Waals surface area contributed by atoms with Crippen molar-refractivity contribution >= 4 is 33.5 Å². The second-order valence-corrected chi connectivity index (χ2v) is 6.02. The molecule has 0 saturated carbocycles. The molecule has 0 aliphatic carbocycles. The van der Waals surface area contributed by atoms with Gasteiger partial charge in [0.1, 0.15) is 6.04 Å². The Labute approximate surface area is 150 Å². The second kappa shape index (κ2) is 6.84. The van der Waals surface area contributed by atoms with Crippen LogP contribution < -0.4 is 5.32 Å². The zero-order chi connectivity index (χ0) is 17.9. The summed E-state index contributed by atoms with van der Waals surface area (Å²) in [5, 5.41) is 5.32. The van der Waals surface area contributed by atoms with Crippen LogP contribution >= 0.6 is 0 Å². The fourth-order valence-corrected chi connectivity index (χ4v) is 3.12. The molecule has 6 nitrogen and oxygen atoms in total. The fraction of sp³-hybridized carbons (Fsp3) is 0.150. The monoisotopic (exact) mass is 346 g/mol. The summed E-state index contributed by atoms with van der Waals surface area (Å²) in [7, 11) is 1.40. The Morgan fingerprint density at radius 2 is 1.77 bits per heavy atom. The van der Waals surface area contributed by atoms with Gasteiger partial charge in [-0.25, -0.2) is 14.8 Å². The number of nitrogens with zero attached hydrogens (tertiary/aromatic N) is 2. The average molecular weight is 346 g/mol. The number of benzene rings is 2. The van der Waals surface area contributed by atoms with Crippen molar-refractivity contribution in [3.63, 3.8) is 0 Å². The third kappa shape index (κ3) is 2.97. The van der Waals surface area contributed by atoms with Crippen molar-refractivity contribution in [1.29, 1.82) is 0 Å². The summed E-state index contributed by atoms with van der Waals surface area (Å²) in [4.78, 5) is 24.2. The molecule has 0 bridgehead atoms. The van der Waals surface area contributed by atoms with Gasteiger partial charge in [0.2, 0.25) is 0 Å². The number of carbonyl (C=O) groups excluding carboxylic acids is 1. The third-order valence-electron chi connectivity index (χ3n) is 4.37. The first kappa shape index (κ1) is 16.1. The molecule has 26 heavy (non-hydrogen) atoms. The summed E-state index contributed by atoms with van der Waals surface area (Å²) >= 11 is 0.